The number of aryl methyl sites for hydroxylation is 1. The molecule has 3 rings (SSSR count). The fourth-order valence-electron chi connectivity index (χ4n) is 4.41. The zero-order chi connectivity index (χ0) is 15.0. The van der Waals surface area contributed by atoms with Gasteiger partial charge in [-0.2, -0.15) is 0 Å². The zero-order valence-electron chi connectivity index (χ0n) is 13.7. The third-order valence-electron chi connectivity index (χ3n) is 5.35. The van der Waals surface area contributed by atoms with E-state index in [2.05, 4.69) is 49.3 Å². The van der Waals surface area contributed by atoms with Gasteiger partial charge in [-0.25, -0.2) is 0 Å². The van der Waals surface area contributed by atoms with E-state index in [0.717, 1.165) is 18.1 Å². The number of fused-ring (bicyclic) bond motifs is 1. The summed E-state index contributed by atoms with van der Waals surface area (Å²) < 4.78 is 5.38. The third-order valence-corrected chi connectivity index (χ3v) is 5.35. The van der Waals surface area contributed by atoms with Crippen molar-refractivity contribution < 1.29 is 4.74 Å². The highest BCUT2D eigenvalue weighted by Gasteiger charge is 2.38. The average molecular weight is 288 g/mol. The molecule has 2 aliphatic rings. The summed E-state index contributed by atoms with van der Waals surface area (Å²) in [6.07, 6.45) is 3.73. The smallest absolute Gasteiger partial charge is 0.119 e. The van der Waals surface area contributed by atoms with Gasteiger partial charge in [0.1, 0.15) is 5.75 Å². The first-order valence-corrected chi connectivity index (χ1v) is 8.23. The summed E-state index contributed by atoms with van der Waals surface area (Å²) in [7, 11) is 3.84. The van der Waals surface area contributed by atoms with Gasteiger partial charge in [-0.15, -0.1) is 0 Å². The highest BCUT2D eigenvalue weighted by atomic mass is 16.5. The molecule has 1 heterocycles. The quantitative estimate of drug-likeness (QED) is 0.925. The Morgan fingerprint density at radius 3 is 2.71 bits per heavy atom. The van der Waals surface area contributed by atoms with Gasteiger partial charge in [-0.3, -0.25) is 4.90 Å². The minimum atomic E-state index is 0.437. The van der Waals surface area contributed by atoms with Crippen LogP contribution in [0.25, 0.3) is 0 Å². The molecule has 3 heteroatoms. The minimum absolute atomic E-state index is 0.437. The number of likely N-dealkylation sites (tertiary alicyclic amines) is 1. The Balaban J connectivity index is 1.88. The van der Waals surface area contributed by atoms with E-state index in [9.17, 15) is 0 Å². The Morgan fingerprint density at radius 1 is 1.29 bits per heavy atom. The standard InChI is InChI=1S/C18H28N2O/c1-12-9-13(2)20(11-12)17-8-5-14-10-15(21-4)6-7-16(14)18(17)19-3/h6-7,10,12-13,17-19H,5,8-9,11H2,1-4H3. The molecule has 1 aliphatic heterocycles. The average Bonchev–Trinajstić information content (AvgIpc) is 2.83. The summed E-state index contributed by atoms with van der Waals surface area (Å²) in [6.45, 7) is 6.02. The van der Waals surface area contributed by atoms with Gasteiger partial charge in [-0.05, 0) is 62.4 Å². The van der Waals surface area contributed by atoms with Crippen LogP contribution in [0.5, 0.6) is 5.75 Å². The van der Waals surface area contributed by atoms with Crippen LogP contribution in [0.15, 0.2) is 18.2 Å². The van der Waals surface area contributed by atoms with Crippen LogP contribution in [0, 0.1) is 5.92 Å². The van der Waals surface area contributed by atoms with Crippen LogP contribution < -0.4 is 10.1 Å². The van der Waals surface area contributed by atoms with Crippen molar-refractivity contribution in [2.24, 2.45) is 5.92 Å². The first-order chi connectivity index (χ1) is 10.1. The molecule has 4 unspecified atom stereocenters. The van der Waals surface area contributed by atoms with Crippen molar-refractivity contribution in [2.45, 2.75) is 51.2 Å². The van der Waals surface area contributed by atoms with Crippen molar-refractivity contribution in [1.29, 1.82) is 0 Å². The molecule has 0 radical (unpaired) electrons. The van der Waals surface area contributed by atoms with Gasteiger partial charge in [0.2, 0.25) is 0 Å². The van der Waals surface area contributed by atoms with Crippen molar-refractivity contribution in [3.05, 3.63) is 29.3 Å². The summed E-state index contributed by atoms with van der Waals surface area (Å²) in [5.41, 5.74) is 2.91. The predicted octanol–water partition coefficient (Wildman–Crippen LogP) is 3.00. The summed E-state index contributed by atoms with van der Waals surface area (Å²) in [6, 6.07) is 8.34. The highest BCUT2D eigenvalue weighted by Crippen LogP contribution is 2.38. The molecule has 1 aromatic rings. The van der Waals surface area contributed by atoms with Gasteiger partial charge in [0.05, 0.1) is 7.11 Å². The number of ether oxygens (including phenoxy) is 1. The van der Waals surface area contributed by atoms with Crippen LogP contribution in [0.2, 0.25) is 0 Å². The fourth-order valence-corrected chi connectivity index (χ4v) is 4.41. The molecule has 116 valence electrons. The van der Waals surface area contributed by atoms with E-state index < -0.39 is 0 Å². The largest absolute Gasteiger partial charge is 0.497 e. The maximum absolute atomic E-state index is 5.38. The lowest BCUT2D eigenvalue weighted by molar-refractivity contribution is 0.135. The number of nitrogens with zero attached hydrogens (tertiary/aromatic N) is 1. The molecule has 4 atom stereocenters. The fraction of sp³-hybridized carbons (Fsp3) is 0.667. The molecule has 1 aromatic carbocycles. The normalized spacial score (nSPS) is 33.0. The van der Waals surface area contributed by atoms with E-state index in [1.807, 2.05) is 0 Å². The molecule has 3 nitrogen and oxygen atoms in total. The van der Waals surface area contributed by atoms with Crippen molar-refractivity contribution in [3.8, 4) is 5.75 Å². The summed E-state index contributed by atoms with van der Waals surface area (Å²) >= 11 is 0. The number of hydrogen-bond donors (Lipinski definition) is 1. The number of nitrogens with one attached hydrogen (secondary N) is 1. The molecule has 21 heavy (non-hydrogen) atoms. The predicted molar refractivity (Wildman–Crippen MR) is 86.9 cm³/mol. The number of likely N-dealkylation sites (N-methyl/N-ethyl adjacent to an activating group) is 1. The van der Waals surface area contributed by atoms with Crippen molar-refractivity contribution >= 4 is 0 Å². The molecule has 0 spiro atoms. The Bertz CT molecular complexity index is 502. The molecule has 1 saturated heterocycles. The second kappa shape index (κ2) is 5.98. The molecule has 0 aromatic heterocycles. The molecule has 1 aliphatic carbocycles. The second-order valence-electron chi connectivity index (χ2n) is 6.82. The Morgan fingerprint density at radius 2 is 2.10 bits per heavy atom. The van der Waals surface area contributed by atoms with Gasteiger partial charge in [0.25, 0.3) is 0 Å². The van der Waals surface area contributed by atoms with Crippen LogP contribution in [0.1, 0.15) is 43.9 Å². The maximum atomic E-state index is 5.38. The molecule has 0 amide bonds. The van der Waals surface area contributed by atoms with Gasteiger partial charge < -0.3 is 10.1 Å². The van der Waals surface area contributed by atoms with E-state index >= 15 is 0 Å². The molecule has 1 N–H and O–H groups in total. The summed E-state index contributed by atoms with van der Waals surface area (Å²) in [5.74, 6) is 1.81. The Kier molecular flexibility index (Phi) is 4.23. The van der Waals surface area contributed by atoms with Crippen LogP contribution in [0.3, 0.4) is 0 Å². The minimum Gasteiger partial charge on any atom is -0.497 e. The number of benzene rings is 1. The van der Waals surface area contributed by atoms with E-state index in [1.165, 1.54) is 30.5 Å². The molecular formula is C18H28N2O. The van der Waals surface area contributed by atoms with E-state index in [0.29, 0.717) is 18.1 Å². The van der Waals surface area contributed by atoms with Crippen LogP contribution in [-0.4, -0.2) is 37.7 Å². The number of methoxy groups -OCH3 is 1. The first-order valence-electron chi connectivity index (χ1n) is 8.23. The monoisotopic (exact) mass is 288 g/mol. The van der Waals surface area contributed by atoms with Crippen molar-refractivity contribution in [3.63, 3.8) is 0 Å². The summed E-state index contributed by atoms with van der Waals surface area (Å²) in [5, 5.41) is 3.58. The van der Waals surface area contributed by atoms with E-state index in [-0.39, 0.29) is 0 Å². The van der Waals surface area contributed by atoms with Gasteiger partial charge >= 0.3 is 0 Å². The third kappa shape index (κ3) is 2.69. The van der Waals surface area contributed by atoms with Crippen LogP contribution >= 0.6 is 0 Å². The maximum Gasteiger partial charge on any atom is 0.119 e. The van der Waals surface area contributed by atoms with Crippen LogP contribution in [-0.2, 0) is 6.42 Å². The van der Waals surface area contributed by atoms with E-state index in [1.54, 1.807) is 7.11 Å². The highest BCUT2D eigenvalue weighted by molar-refractivity contribution is 5.40. The van der Waals surface area contributed by atoms with Crippen LogP contribution in [0.4, 0.5) is 0 Å². The first kappa shape index (κ1) is 14.9. The topological polar surface area (TPSA) is 24.5 Å². The molecule has 0 bridgehead atoms. The number of rotatable bonds is 3. The van der Waals surface area contributed by atoms with Gasteiger partial charge in [-0.1, -0.05) is 13.0 Å². The van der Waals surface area contributed by atoms with Gasteiger partial charge in [0.15, 0.2) is 0 Å². The molecule has 0 saturated carbocycles. The lowest BCUT2D eigenvalue weighted by atomic mass is 9.83. The van der Waals surface area contributed by atoms with Crippen molar-refractivity contribution in [2.75, 3.05) is 20.7 Å². The number of hydrogen-bond acceptors (Lipinski definition) is 3. The molecular weight excluding hydrogens is 260 g/mol. The van der Waals surface area contributed by atoms with E-state index in [4.69, 9.17) is 4.74 Å². The second-order valence-corrected chi connectivity index (χ2v) is 6.82. The zero-order valence-corrected chi connectivity index (χ0v) is 13.7. The lowest BCUT2D eigenvalue weighted by Crippen LogP contribution is -2.47. The Hall–Kier alpha value is -1.06. The SMILES string of the molecule is CNC1c2ccc(OC)cc2CCC1N1CC(C)CC1C. The van der Waals surface area contributed by atoms with Crippen molar-refractivity contribution in [1.82, 2.24) is 10.2 Å². The molecule has 1 fully saturated rings. The lowest BCUT2D eigenvalue weighted by Gasteiger charge is -2.41. The van der Waals surface area contributed by atoms with Gasteiger partial charge in [0, 0.05) is 24.7 Å². The summed E-state index contributed by atoms with van der Waals surface area (Å²) in [4.78, 5) is 2.74. The Labute approximate surface area is 128 Å².